The van der Waals surface area contributed by atoms with Crippen LogP contribution in [0, 0.1) is 6.92 Å². The van der Waals surface area contributed by atoms with Gasteiger partial charge in [-0.3, -0.25) is 4.57 Å². The Hall–Kier alpha value is -1.40. The van der Waals surface area contributed by atoms with E-state index in [2.05, 4.69) is 63.9 Å². The minimum Gasteiger partial charge on any atom is -0.368 e. The van der Waals surface area contributed by atoms with Crippen LogP contribution in [0.4, 0.5) is 5.69 Å². The smallest absolute Gasteiger partial charge is 0.138 e. The minimum absolute atomic E-state index is 0.633. The number of anilines is 1. The molecule has 0 radical (unpaired) electrons. The number of imidazole rings is 1. The second-order valence-corrected chi connectivity index (χ2v) is 6.54. The van der Waals surface area contributed by atoms with Crippen molar-refractivity contribution in [1.29, 1.82) is 0 Å². The van der Waals surface area contributed by atoms with Crippen LogP contribution in [-0.2, 0) is 0 Å². The SMILES string of the molecule is Cc1nc(-n2cnc(Br)c2)ccc1N1CC[C@@H](N(C)C)C1. The van der Waals surface area contributed by atoms with Crippen molar-refractivity contribution in [3.05, 3.63) is 35.0 Å². The monoisotopic (exact) mass is 349 g/mol. The Morgan fingerprint density at radius 3 is 2.71 bits per heavy atom. The maximum absolute atomic E-state index is 4.72. The van der Waals surface area contributed by atoms with E-state index in [-0.39, 0.29) is 0 Å². The highest BCUT2D eigenvalue weighted by Crippen LogP contribution is 2.25. The number of likely N-dealkylation sites (N-methyl/N-ethyl adjacent to an activating group) is 1. The van der Waals surface area contributed by atoms with Crippen LogP contribution in [0.3, 0.4) is 0 Å². The molecule has 0 spiro atoms. The van der Waals surface area contributed by atoms with E-state index in [0.29, 0.717) is 6.04 Å². The van der Waals surface area contributed by atoms with Crippen molar-refractivity contribution in [2.75, 3.05) is 32.1 Å². The quantitative estimate of drug-likeness (QED) is 0.852. The van der Waals surface area contributed by atoms with E-state index in [4.69, 9.17) is 4.98 Å². The van der Waals surface area contributed by atoms with Crippen LogP contribution in [-0.4, -0.2) is 52.7 Å². The molecule has 0 N–H and O–H groups in total. The van der Waals surface area contributed by atoms with Crippen LogP contribution in [0.5, 0.6) is 0 Å². The Bertz CT molecular complexity index is 637. The first kappa shape index (κ1) is 14.5. The number of pyridine rings is 1. The number of hydrogen-bond donors (Lipinski definition) is 0. The summed E-state index contributed by atoms with van der Waals surface area (Å²) in [6.07, 6.45) is 4.89. The van der Waals surface area contributed by atoms with Gasteiger partial charge in [-0.1, -0.05) is 0 Å². The summed E-state index contributed by atoms with van der Waals surface area (Å²) in [5.41, 5.74) is 2.30. The van der Waals surface area contributed by atoms with E-state index in [0.717, 1.165) is 29.2 Å². The van der Waals surface area contributed by atoms with Gasteiger partial charge in [0.1, 0.15) is 16.7 Å². The van der Waals surface area contributed by atoms with Crippen molar-refractivity contribution in [2.24, 2.45) is 0 Å². The fourth-order valence-electron chi connectivity index (χ4n) is 2.82. The maximum atomic E-state index is 4.72. The zero-order valence-corrected chi connectivity index (χ0v) is 14.2. The van der Waals surface area contributed by atoms with E-state index in [1.807, 2.05) is 10.8 Å². The highest BCUT2D eigenvalue weighted by molar-refractivity contribution is 9.10. The molecule has 112 valence electrons. The molecule has 0 amide bonds. The summed E-state index contributed by atoms with van der Waals surface area (Å²) < 4.78 is 2.74. The fourth-order valence-corrected chi connectivity index (χ4v) is 3.14. The average Bonchev–Trinajstić information content (AvgIpc) is 3.07. The summed E-state index contributed by atoms with van der Waals surface area (Å²) in [5, 5.41) is 0. The fraction of sp³-hybridized carbons (Fsp3) is 0.467. The minimum atomic E-state index is 0.633. The molecule has 3 rings (SSSR count). The van der Waals surface area contributed by atoms with E-state index < -0.39 is 0 Å². The Balaban J connectivity index is 1.82. The molecule has 2 aromatic heterocycles. The Morgan fingerprint density at radius 1 is 1.33 bits per heavy atom. The zero-order chi connectivity index (χ0) is 15.0. The number of hydrogen-bond acceptors (Lipinski definition) is 4. The van der Waals surface area contributed by atoms with Crippen LogP contribution in [0.1, 0.15) is 12.1 Å². The molecule has 1 aliphatic rings. The molecule has 0 bridgehead atoms. The molecular weight excluding hydrogens is 330 g/mol. The predicted molar refractivity (Wildman–Crippen MR) is 88.1 cm³/mol. The molecular formula is C15H20BrN5. The summed E-state index contributed by atoms with van der Waals surface area (Å²) in [4.78, 5) is 13.6. The maximum Gasteiger partial charge on any atom is 0.138 e. The standard InChI is InChI=1S/C15H20BrN5/c1-11-13(20-7-6-12(8-20)19(2)3)4-5-15(18-11)21-9-14(16)17-10-21/h4-5,9-10,12H,6-8H2,1-3H3/t12-/m1/s1. The third-order valence-corrected chi connectivity index (χ3v) is 4.50. The van der Waals surface area contributed by atoms with Crippen LogP contribution < -0.4 is 4.90 Å². The third-order valence-electron chi connectivity index (χ3n) is 4.09. The number of rotatable bonds is 3. The summed E-state index contributed by atoms with van der Waals surface area (Å²) in [5.74, 6) is 0.901. The Kier molecular flexibility index (Phi) is 3.99. The third kappa shape index (κ3) is 2.96. The molecule has 0 saturated carbocycles. The number of aromatic nitrogens is 3. The zero-order valence-electron chi connectivity index (χ0n) is 12.6. The van der Waals surface area contributed by atoms with Gasteiger partial charge in [0.05, 0.1) is 11.4 Å². The van der Waals surface area contributed by atoms with Gasteiger partial charge in [0.15, 0.2) is 0 Å². The largest absolute Gasteiger partial charge is 0.368 e. The highest BCUT2D eigenvalue weighted by Gasteiger charge is 2.25. The lowest BCUT2D eigenvalue weighted by molar-refractivity contribution is 0.315. The first-order valence-electron chi connectivity index (χ1n) is 7.13. The van der Waals surface area contributed by atoms with E-state index in [9.17, 15) is 0 Å². The van der Waals surface area contributed by atoms with Gasteiger partial charge in [-0.2, -0.15) is 0 Å². The van der Waals surface area contributed by atoms with Crippen molar-refractivity contribution < 1.29 is 0 Å². The molecule has 0 aromatic carbocycles. The molecule has 3 heterocycles. The second kappa shape index (κ2) is 5.77. The van der Waals surface area contributed by atoms with Gasteiger partial charge in [0.25, 0.3) is 0 Å². The predicted octanol–water partition coefficient (Wildman–Crippen LogP) is 2.48. The van der Waals surface area contributed by atoms with Gasteiger partial charge in [0.2, 0.25) is 0 Å². The number of halogens is 1. The first-order chi connectivity index (χ1) is 10.0. The first-order valence-corrected chi connectivity index (χ1v) is 7.93. The van der Waals surface area contributed by atoms with E-state index in [1.165, 1.54) is 12.1 Å². The average molecular weight is 350 g/mol. The molecule has 1 fully saturated rings. The van der Waals surface area contributed by atoms with Gasteiger partial charge < -0.3 is 9.80 Å². The van der Waals surface area contributed by atoms with Crippen LogP contribution >= 0.6 is 15.9 Å². The summed E-state index contributed by atoms with van der Waals surface area (Å²) in [6, 6.07) is 4.86. The lowest BCUT2D eigenvalue weighted by atomic mass is 10.2. The van der Waals surface area contributed by atoms with Gasteiger partial charge >= 0.3 is 0 Å². The summed E-state index contributed by atoms with van der Waals surface area (Å²) in [6.45, 7) is 4.25. The van der Waals surface area contributed by atoms with Crippen molar-refractivity contribution in [1.82, 2.24) is 19.4 Å². The van der Waals surface area contributed by atoms with Gasteiger partial charge in [-0.15, -0.1) is 0 Å². The topological polar surface area (TPSA) is 37.2 Å². The van der Waals surface area contributed by atoms with E-state index in [1.54, 1.807) is 6.33 Å². The molecule has 1 aliphatic heterocycles. The number of aryl methyl sites for hydroxylation is 1. The molecule has 21 heavy (non-hydrogen) atoms. The van der Waals surface area contributed by atoms with Crippen molar-refractivity contribution >= 4 is 21.6 Å². The summed E-state index contributed by atoms with van der Waals surface area (Å²) >= 11 is 3.36. The normalized spacial score (nSPS) is 18.7. The molecule has 6 heteroatoms. The van der Waals surface area contributed by atoms with E-state index >= 15 is 0 Å². The molecule has 2 aromatic rings. The van der Waals surface area contributed by atoms with Gasteiger partial charge in [-0.25, -0.2) is 9.97 Å². The Labute approximate surface area is 133 Å². The van der Waals surface area contributed by atoms with Crippen LogP contribution in [0.2, 0.25) is 0 Å². The Morgan fingerprint density at radius 2 is 2.14 bits per heavy atom. The van der Waals surface area contributed by atoms with Crippen LogP contribution in [0.25, 0.3) is 5.82 Å². The molecule has 5 nitrogen and oxygen atoms in total. The number of nitrogens with zero attached hydrogens (tertiary/aromatic N) is 5. The van der Waals surface area contributed by atoms with Crippen molar-refractivity contribution in [3.63, 3.8) is 0 Å². The van der Waals surface area contributed by atoms with Crippen molar-refractivity contribution in [3.8, 4) is 5.82 Å². The second-order valence-electron chi connectivity index (χ2n) is 5.73. The summed E-state index contributed by atoms with van der Waals surface area (Å²) in [7, 11) is 4.30. The molecule has 1 atom stereocenters. The molecule has 1 saturated heterocycles. The van der Waals surface area contributed by atoms with Crippen LogP contribution in [0.15, 0.2) is 29.3 Å². The molecule has 0 unspecified atom stereocenters. The lowest BCUT2D eigenvalue weighted by Gasteiger charge is -2.23. The van der Waals surface area contributed by atoms with Gasteiger partial charge in [0, 0.05) is 25.3 Å². The molecule has 0 aliphatic carbocycles. The van der Waals surface area contributed by atoms with Gasteiger partial charge in [-0.05, 0) is 55.5 Å². The van der Waals surface area contributed by atoms with Crippen molar-refractivity contribution in [2.45, 2.75) is 19.4 Å². The highest BCUT2D eigenvalue weighted by atomic mass is 79.9. The lowest BCUT2D eigenvalue weighted by Crippen LogP contribution is -2.31.